The molecule has 1 aromatic carbocycles. The molecule has 0 aliphatic rings. The van der Waals surface area contributed by atoms with Gasteiger partial charge in [-0.3, -0.25) is 0 Å². The van der Waals surface area contributed by atoms with Crippen molar-refractivity contribution in [1.82, 2.24) is 10.2 Å². The van der Waals surface area contributed by atoms with Crippen LogP contribution in [0.5, 0.6) is 11.5 Å². The molecule has 5 nitrogen and oxygen atoms in total. The van der Waals surface area contributed by atoms with E-state index in [2.05, 4.69) is 41.7 Å². The number of methoxy groups -OCH3 is 2. The number of nitrogens with zero attached hydrogens (tertiary/aromatic N) is 2. The number of ether oxygens (including phenoxy) is 2. The number of hydrogen-bond acceptors (Lipinski definition) is 4. The van der Waals surface area contributed by atoms with Crippen LogP contribution in [0.4, 0.5) is 0 Å². The quantitative estimate of drug-likeness (QED) is 0.578. The van der Waals surface area contributed by atoms with E-state index in [-0.39, 0.29) is 0 Å². The second-order valence-corrected chi connectivity index (χ2v) is 6.64. The number of nitrogens with one attached hydrogen (secondary N) is 1. The molecule has 0 aliphatic heterocycles. The number of aliphatic imine (C=N–C) groups is 1. The number of guanidine groups is 1. The van der Waals surface area contributed by atoms with Crippen LogP contribution in [0.1, 0.15) is 17.4 Å². The summed E-state index contributed by atoms with van der Waals surface area (Å²) in [5.41, 5.74) is 1.08. The summed E-state index contributed by atoms with van der Waals surface area (Å²) in [6.07, 6.45) is 1.02. The number of rotatable bonds is 8. The van der Waals surface area contributed by atoms with E-state index >= 15 is 0 Å². The number of thiophene rings is 1. The van der Waals surface area contributed by atoms with Gasteiger partial charge in [-0.05, 0) is 42.5 Å². The lowest BCUT2D eigenvalue weighted by Crippen LogP contribution is -2.39. The first kappa shape index (κ1) is 19.1. The fraction of sp³-hybridized carbons (Fsp3) is 0.421. The lowest BCUT2D eigenvalue weighted by molar-refractivity contribution is 0.354. The minimum absolute atomic E-state index is 0.589. The summed E-state index contributed by atoms with van der Waals surface area (Å²) >= 11 is 1.80. The molecule has 0 unspecified atom stereocenters. The van der Waals surface area contributed by atoms with Crippen molar-refractivity contribution in [2.45, 2.75) is 19.9 Å². The molecular formula is C19H27N3O2S. The van der Waals surface area contributed by atoms with Crippen molar-refractivity contribution in [2.75, 3.05) is 34.4 Å². The summed E-state index contributed by atoms with van der Waals surface area (Å²) in [6.45, 7) is 4.44. The van der Waals surface area contributed by atoms with Gasteiger partial charge >= 0.3 is 0 Å². The highest BCUT2D eigenvalue weighted by Gasteiger charge is 2.08. The molecule has 0 spiro atoms. The van der Waals surface area contributed by atoms with Crippen molar-refractivity contribution < 1.29 is 9.47 Å². The molecule has 2 aromatic rings. The van der Waals surface area contributed by atoms with Gasteiger partial charge in [-0.2, -0.15) is 0 Å². The predicted octanol–water partition coefficient (Wildman–Crippen LogP) is 3.41. The molecule has 0 amide bonds. The smallest absolute Gasteiger partial charge is 0.193 e. The molecule has 0 saturated carbocycles. The van der Waals surface area contributed by atoms with E-state index in [1.54, 1.807) is 25.6 Å². The SMILES string of the molecule is CCNC(=NCc1ccc(OC)c(OC)c1)N(C)CCc1cccs1. The van der Waals surface area contributed by atoms with Crippen LogP contribution in [0.15, 0.2) is 40.7 Å². The monoisotopic (exact) mass is 361 g/mol. The van der Waals surface area contributed by atoms with Gasteiger partial charge in [-0.1, -0.05) is 12.1 Å². The molecule has 0 saturated heterocycles. The zero-order valence-corrected chi connectivity index (χ0v) is 16.2. The van der Waals surface area contributed by atoms with Gasteiger partial charge in [0, 0.05) is 25.0 Å². The summed E-state index contributed by atoms with van der Waals surface area (Å²) in [6, 6.07) is 10.2. The molecular weight excluding hydrogens is 334 g/mol. The van der Waals surface area contributed by atoms with Gasteiger partial charge in [0.05, 0.1) is 20.8 Å². The van der Waals surface area contributed by atoms with Gasteiger partial charge < -0.3 is 19.7 Å². The highest BCUT2D eigenvalue weighted by Crippen LogP contribution is 2.27. The van der Waals surface area contributed by atoms with Crippen LogP contribution in [0.3, 0.4) is 0 Å². The van der Waals surface area contributed by atoms with Crippen molar-refractivity contribution in [3.8, 4) is 11.5 Å². The van der Waals surface area contributed by atoms with Crippen molar-refractivity contribution in [2.24, 2.45) is 4.99 Å². The number of hydrogen-bond donors (Lipinski definition) is 1. The molecule has 25 heavy (non-hydrogen) atoms. The van der Waals surface area contributed by atoms with E-state index in [0.717, 1.165) is 42.5 Å². The molecule has 136 valence electrons. The van der Waals surface area contributed by atoms with E-state index in [1.807, 2.05) is 18.2 Å². The van der Waals surface area contributed by atoms with Gasteiger partial charge in [0.15, 0.2) is 17.5 Å². The van der Waals surface area contributed by atoms with Crippen molar-refractivity contribution in [1.29, 1.82) is 0 Å². The van der Waals surface area contributed by atoms with Crippen LogP contribution in [-0.4, -0.2) is 45.2 Å². The molecule has 2 rings (SSSR count). The fourth-order valence-electron chi connectivity index (χ4n) is 2.45. The fourth-order valence-corrected chi connectivity index (χ4v) is 3.15. The minimum Gasteiger partial charge on any atom is -0.493 e. The first-order valence-corrected chi connectivity index (χ1v) is 9.28. The zero-order valence-electron chi connectivity index (χ0n) is 15.4. The van der Waals surface area contributed by atoms with Gasteiger partial charge in [-0.15, -0.1) is 11.3 Å². The summed E-state index contributed by atoms with van der Waals surface area (Å²) in [4.78, 5) is 8.31. The van der Waals surface area contributed by atoms with Gasteiger partial charge in [0.2, 0.25) is 0 Å². The average molecular weight is 362 g/mol. The van der Waals surface area contributed by atoms with Crippen molar-refractivity contribution >= 4 is 17.3 Å². The highest BCUT2D eigenvalue weighted by molar-refractivity contribution is 7.09. The predicted molar refractivity (Wildman–Crippen MR) is 105 cm³/mol. The molecule has 1 aromatic heterocycles. The maximum Gasteiger partial charge on any atom is 0.193 e. The Labute approximate surface area is 154 Å². The topological polar surface area (TPSA) is 46.1 Å². The number of benzene rings is 1. The first-order valence-electron chi connectivity index (χ1n) is 8.40. The summed E-state index contributed by atoms with van der Waals surface area (Å²) < 4.78 is 10.6. The van der Waals surface area contributed by atoms with E-state index in [9.17, 15) is 0 Å². The van der Waals surface area contributed by atoms with Gasteiger partial charge in [-0.25, -0.2) is 4.99 Å². The lowest BCUT2D eigenvalue weighted by atomic mass is 10.2. The third-order valence-corrected chi connectivity index (χ3v) is 4.77. The second kappa shape index (κ2) is 9.93. The molecule has 0 bridgehead atoms. The summed E-state index contributed by atoms with van der Waals surface area (Å²) in [5.74, 6) is 2.37. The molecule has 1 N–H and O–H groups in total. The largest absolute Gasteiger partial charge is 0.493 e. The standard InChI is InChI=1S/C19H27N3O2S/c1-5-20-19(22(2)11-10-16-7-6-12-25-16)21-14-15-8-9-17(23-3)18(13-15)24-4/h6-9,12-13H,5,10-11,14H2,1-4H3,(H,20,21). The Kier molecular flexibility index (Phi) is 7.60. The van der Waals surface area contributed by atoms with Crippen LogP contribution in [0, 0.1) is 0 Å². The molecule has 1 heterocycles. The zero-order chi connectivity index (χ0) is 18.1. The normalized spacial score (nSPS) is 11.3. The van der Waals surface area contributed by atoms with E-state index in [1.165, 1.54) is 4.88 Å². The molecule has 0 radical (unpaired) electrons. The summed E-state index contributed by atoms with van der Waals surface area (Å²) in [5, 5.41) is 5.47. The maximum atomic E-state index is 5.36. The van der Waals surface area contributed by atoms with Crippen LogP contribution >= 0.6 is 11.3 Å². The number of likely N-dealkylation sites (N-methyl/N-ethyl adjacent to an activating group) is 1. The Hall–Kier alpha value is -2.21. The average Bonchev–Trinajstić information content (AvgIpc) is 3.16. The molecule has 0 atom stereocenters. The molecule has 0 aliphatic carbocycles. The Morgan fingerprint density at radius 2 is 2.00 bits per heavy atom. The Balaban J connectivity index is 2.02. The molecule has 6 heteroatoms. The van der Waals surface area contributed by atoms with Crippen LogP contribution in [0.2, 0.25) is 0 Å². The van der Waals surface area contributed by atoms with Crippen LogP contribution < -0.4 is 14.8 Å². The Morgan fingerprint density at radius 3 is 2.64 bits per heavy atom. The third kappa shape index (κ3) is 5.67. The first-order chi connectivity index (χ1) is 12.2. The Morgan fingerprint density at radius 1 is 1.20 bits per heavy atom. The van der Waals surface area contributed by atoms with E-state index in [4.69, 9.17) is 14.5 Å². The Bertz CT molecular complexity index is 671. The highest BCUT2D eigenvalue weighted by atomic mass is 32.1. The van der Waals surface area contributed by atoms with Crippen LogP contribution in [0.25, 0.3) is 0 Å². The third-order valence-electron chi connectivity index (χ3n) is 3.83. The minimum atomic E-state index is 0.589. The summed E-state index contributed by atoms with van der Waals surface area (Å²) in [7, 11) is 5.36. The lowest BCUT2D eigenvalue weighted by Gasteiger charge is -2.22. The van der Waals surface area contributed by atoms with Crippen molar-refractivity contribution in [3.05, 3.63) is 46.2 Å². The van der Waals surface area contributed by atoms with E-state index < -0.39 is 0 Å². The van der Waals surface area contributed by atoms with Gasteiger partial charge in [0.1, 0.15) is 0 Å². The van der Waals surface area contributed by atoms with Gasteiger partial charge in [0.25, 0.3) is 0 Å². The molecule has 0 fully saturated rings. The van der Waals surface area contributed by atoms with Crippen molar-refractivity contribution in [3.63, 3.8) is 0 Å². The maximum absolute atomic E-state index is 5.36. The van der Waals surface area contributed by atoms with Crippen LogP contribution in [-0.2, 0) is 13.0 Å². The second-order valence-electron chi connectivity index (χ2n) is 5.61. The van der Waals surface area contributed by atoms with E-state index in [0.29, 0.717) is 6.54 Å².